The zero-order chi connectivity index (χ0) is 11.3. The van der Waals surface area contributed by atoms with Crippen molar-refractivity contribution in [3.63, 3.8) is 0 Å². The Morgan fingerprint density at radius 3 is 2.60 bits per heavy atom. The van der Waals surface area contributed by atoms with Gasteiger partial charge in [-0.2, -0.15) is 0 Å². The Morgan fingerprint density at radius 2 is 2.07 bits per heavy atom. The second kappa shape index (κ2) is 5.69. The first-order chi connectivity index (χ1) is 7.19. The van der Waals surface area contributed by atoms with Crippen LogP contribution >= 0.6 is 0 Å². The predicted octanol–water partition coefficient (Wildman–Crippen LogP) is 3.86. The van der Waals surface area contributed by atoms with Crippen molar-refractivity contribution in [1.29, 1.82) is 0 Å². The van der Waals surface area contributed by atoms with E-state index in [1.807, 2.05) is 13.0 Å². The summed E-state index contributed by atoms with van der Waals surface area (Å²) in [6.45, 7) is 6.15. The van der Waals surface area contributed by atoms with Crippen molar-refractivity contribution in [3.8, 4) is 0 Å². The highest BCUT2D eigenvalue weighted by Crippen LogP contribution is 2.24. The van der Waals surface area contributed by atoms with E-state index >= 15 is 0 Å². The first kappa shape index (κ1) is 12.0. The average Bonchev–Trinajstić information content (AvgIpc) is 2.25. The zero-order valence-corrected chi connectivity index (χ0v) is 9.92. The maximum absolute atomic E-state index is 11.8. The first-order valence-corrected chi connectivity index (χ1v) is 5.78. The van der Waals surface area contributed by atoms with Gasteiger partial charge in [0.1, 0.15) is 5.78 Å². The monoisotopic (exact) mass is 204 g/mol. The minimum Gasteiger partial charge on any atom is -0.299 e. The molecule has 0 aliphatic heterocycles. The summed E-state index contributed by atoms with van der Waals surface area (Å²) >= 11 is 0. The van der Waals surface area contributed by atoms with Crippen LogP contribution in [-0.4, -0.2) is 5.78 Å². The Hall–Kier alpha value is -1.11. The second-order valence-electron chi connectivity index (χ2n) is 4.08. The van der Waals surface area contributed by atoms with Gasteiger partial charge in [-0.25, -0.2) is 0 Å². The topological polar surface area (TPSA) is 17.1 Å². The van der Waals surface area contributed by atoms with Gasteiger partial charge in [0.15, 0.2) is 0 Å². The molecule has 0 aliphatic rings. The lowest BCUT2D eigenvalue weighted by Gasteiger charge is -2.15. The molecule has 15 heavy (non-hydrogen) atoms. The lowest BCUT2D eigenvalue weighted by Crippen LogP contribution is -2.11. The van der Waals surface area contributed by atoms with Crippen molar-refractivity contribution in [3.05, 3.63) is 35.4 Å². The normalized spacial score (nSPS) is 12.5. The van der Waals surface area contributed by atoms with Gasteiger partial charge in [0, 0.05) is 12.3 Å². The summed E-state index contributed by atoms with van der Waals surface area (Å²) in [5.74, 6) is 0.474. The van der Waals surface area contributed by atoms with Crippen LogP contribution in [0.3, 0.4) is 0 Å². The van der Waals surface area contributed by atoms with E-state index in [-0.39, 0.29) is 5.92 Å². The van der Waals surface area contributed by atoms with Gasteiger partial charge in [0.05, 0.1) is 0 Å². The molecule has 0 N–H and O–H groups in total. The molecule has 0 aliphatic carbocycles. The molecule has 0 bridgehead atoms. The smallest absolute Gasteiger partial charge is 0.140 e. The second-order valence-corrected chi connectivity index (χ2v) is 4.08. The lowest BCUT2D eigenvalue weighted by molar-refractivity contribution is -0.120. The summed E-state index contributed by atoms with van der Waals surface area (Å²) in [6, 6.07) is 8.31. The van der Waals surface area contributed by atoms with Crippen molar-refractivity contribution in [2.24, 2.45) is 0 Å². The number of carbonyl (C=O) groups is 1. The molecule has 0 fully saturated rings. The van der Waals surface area contributed by atoms with Gasteiger partial charge in [-0.3, -0.25) is 4.79 Å². The molecule has 0 amide bonds. The number of rotatable bonds is 5. The molecule has 82 valence electrons. The maximum Gasteiger partial charge on any atom is 0.140 e. The van der Waals surface area contributed by atoms with Crippen LogP contribution in [0.2, 0.25) is 0 Å². The average molecular weight is 204 g/mol. The number of ketones is 1. The number of hydrogen-bond donors (Lipinski definition) is 0. The van der Waals surface area contributed by atoms with Crippen LogP contribution < -0.4 is 0 Å². The van der Waals surface area contributed by atoms with Crippen LogP contribution in [0, 0.1) is 6.92 Å². The first-order valence-electron chi connectivity index (χ1n) is 5.78. The molecule has 0 unspecified atom stereocenters. The largest absolute Gasteiger partial charge is 0.299 e. The van der Waals surface area contributed by atoms with E-state index in [1.54, 1.807) is 0 Å². The number of aryl methyl sites for hydroxylation is 1. The quantitative estimate of drug-likeness (QED) is 0.711. The predicted molar refractivity (Wildman–Crippen MR) is 64.1 cm³/mol. The van der Waals surface area contributed by atoms with E-state index in [0.717, 1.165) is 12.8 Å². The van der Waals surface area contributed by atoms with Gasteiger partial charge in [0.2, 0.25) is 0 Å². The fourth-order valence-electron chi connectivity index (χ4n) is 1.94. The number of Topliss-reactive ketones (excluding diaryl/α,β-unsaturated/α-hetero) is 1. The lowest BCUT2D eigenvalue weighted by atomic mass is 9.89. The highest BCUT2D eigenvalue weighted by molar-refractivity contribution is 5.85. The van der Waals surface area contributed by atoms with Crippen molar-refractivity contribution < 1.29 is 4.79 Å². The molecule has 0 saturated heterocycles. The molecule has 1 aromatic carbocycles. The number of carbonyl (C=O) groups excluding carboxylic acids is 1. The molecule has 1 nitrogen and oxygen atoms in total. The maximum atomic E-state index is 11.8. The van der Waals surface area contributed by atoms with E-state index in [9.17, 15) is 4.79 Å². The fraction of sp³-hybridized carbons (Fsp3) is 0.500. The highest BCUT2D eigenvalue weighted by atomic mass is 16.1. The fourth-order valence-corrected chi connectivity index (χ4v) is 1.94. The van der Waals surface area contributed by atoms with Crippen molar-refractivity contribution in [2.75, 3.05) is 0 Å². The number of benzene rings is 1. The summed E-state index contributed by atoms with van der Waals surface area (Å²) in [4.78, 5) is 11.8. The number of hydrogen-bond acceptors (Lipinski definition) is 1. The molecular weight excluding hydrogens is 184 g/mol. The summed E-state index contributed by atoms with van der Waals surface area (Å²) < 4.78 is 0. The van der Waals surface area contributed by atoms with Crippen molar-refractivity contribution in [1.82, 2.24) is 0 Å². The van der Waals surface area contributed by atoms with Crippen LogP contribution in [-0.2, 0) is 4.79 Å². The summed E-state index contributed by atoms with van der Waals surface area (Å²) in [5, 5.41) is 0. The molecule has 1 aromatic rings. The Labute approximate surface area is 92.5 Å². The summed E-state index contributed by atoms with van der Waals surface area (Å²) in [6.07, 6.45) is 2.67. The van der Waals surface area contributed by atoms with E-state index in [2.05, 4.69) is 32.0 Å². The van der Waals surface area contributed by atoms with Crippen LogP contribution in [0.25, 0.3) is 0 Å². The molecular formula is C14H20O. The zero-order valence-electron chi connectivity index (χ0n) is 9.92. The van der Waals surface area contributed by atoms with Crippen molar-refractivity contribution in [2.45, 2.75) is 46.0 Å². The minimum absolute atomic E-state index is 0.111. The molecule has 0 aromatic heterocycles. The molecule has 1 rings (SSSR count). The van der Waals surface area contributed by atoms with Crippen LogP contribution in [0.5, 0.6) is 0 Å². The molecule has 1 heteroatoms. The van der Waals surface area contributed by atoms with Gasteiger partial charge in [-0.15, -0.1) is 0 Å². The van der Waals surface area contributed by atoms with Gasteiger partial charge in [0.25, 0.3) is 0 Å². The summed E-state index contributed by atoms with van der Waals surface area (Å²) in [5.41, 5.74) is 2.42. The van der Waals surface area contributed by atoms with Gasteiger partial charge in [-0.1, -0.05) is 50.1 Å². The Balaban J connectivity index is 2.93. The third-order valence-electron chi connectivity index (χ3n) is 2.76. The highest BCUT2D eigenvalue weighted by Gasteiger charge is 2.17. The van der Waals surface area contributed by atoms with Crippen LogP contribution in [0.1, 0.15) is 50.2 Å². The third-order valence-corrected chi connectivity index (χ3v) is 2.76. The van der Waals surface area contributed by atoms with E-state index in [1.165, 1.54) is 11.1 Å². The Kier molecular flexibility index (Phi) is 4.54. The van der Waals surface area contributed by atoms with E-state index in [4.69, 9.17) is 0 Å². The van der Waals surface area contributed by atoms with Crippen molar-refractivity contribution >= 4 is 5.78 Å². The molecule has 1 atom stereocenters. The van der Waals surface area contributed by atoms with E-state index in [0.29, 0.717) is 12.2 Å². The van der Waals surface area contributed by atoms with Crippen LogP contribution in [0.15, 0.2) is 24.3 Å². The van der Waals surface area contributed by atoms with Gasteiger partial charge < -0.3 is 0 Å². The summed E-state index contributed by atoms with van der Waals surface area (Å²) in [7, 11) is 0. The van der Waals surface area contributed by atoms with Gasteiger partial charge in [-0.05, 0) is 18.9 Å². The standard InChI is InChI=1S/C14H20O/c1-4-7-13(14(15)5-2)12-9-6-8-11(3)10-12/h6,8-10,13H,4-5,7H2,1-3H3/t13-/m1/s1. The molecule has 0 heterocycles. The van der Waals surface area contributed by atoms with E-state index < -0.39 is 0 Å². The molecule has 0 spiro atoms. The molecule has 0 saturated carbocycles. The van der Waals surface area contributed by atoms with Gasteiger partial charge >= 0.3 is 0 Å². The minimum atomic E-state index is 0.111. The molecule has 0 radical (unpaired) electrons. The van der Waals surface area contributed by atoms with Crippen LogP contribution in [0.4, 0.5) is 0 Å². The third kappa shape index (κ3) is 3.19. The Bertz CT molecular complexity index is 328. The SMILES string of the molecule is CCC[C@@H](C(=O)CC)c1cccc(C)c1. The Morgan fingerprint density at radius 1 is 1.33 bits per heavy atom.